The minimum absolute atomic E-state index is 0.256. The number of methoxy groups -OCH3 is 1. The Morgan fingerprint density at radius 1 is 1.33 bits per heavy atom. The van der Waals surface area contributed by atoms with Gasteiger partial charge in [-0.15, -0.1) is 0 Å². The van der Waals surface area contributed by atoms with E-state index in [0.29, 0.717) is 6.61 Å². The van der Waals surface area contributed by atoms with Crippen molar-refractivity contribution in [3.8, 4) is 0 Å². The largest absolute Gasteiger partial charge is 0.462 e. The summed E-state index contributed by atoms with van der Waals surface area (Å²) >= 11 is 3.46. The van der Waals surface area contributed by atoms with Crippen molar-refractivity contribution in [2.45, 2.75) is 19.6 Å². The number of aryl methyl sites for hydroxylation is 1. The Hall–Kier alpha value is -1.10. The summed E-state index contributed by atoms with van der Waals surface area (Å²) in [6.07, 6.45) is 0. The summed E-state index contributed by atoms with van der Waals surface area (Å²) in [6.45, 7) is 2.50. The van der Waals surface area contributed by atoms with Gasteiger partial charge in [0.2, 0.25) is 0 Å². The highest BCUT2D eigenvalue weighted by Crippen LogP contribution is 2.27. The number of ether oxygens (including phenoxy) is 1. The summed E-state index contributed by atoms with van der Waals surface area (Å²) in [5.74, 6) is 1.54. The Morgan fingerprint density at radius 2 is 2.11 bits per heavy atom. The van der Waals surface area contributed by atoms with Crippen LogP contribution in [-0.4, -0.2) is 7.11 Å². The summed E-state index contributed by atoms with van der Waals surface area (Å²) in [7, 11) is 1.64. The van der Waals surface area contributed by atoms with Crippen LogP contribution in [0.25, 0.3) is 0 Å². The minimum Gasteiger partial charge on any atom is -0.462 e. The van der Waals surface area contributed by atoms with E-state index in [1.165, 1.54) is 0 Å². The van der Waals surface area contributed by atoms with Gasteiger partial charge in [0.1, 0.15) is 18.1 Å². The monoisotopic (exact) mass is 309 g/mol. The molecule has 1 unspecified atom stereocenters. The Balaban J connectivity index is 2.29. The first-order valence-corrected chi connectivity index (χ1v) is 6.50. The summed E-state index contributed by atoms with van der Waals surface area (Å²) in [5, 5.41) is 0. The summed E-state index contributed by atoms with van der Waals surface area (Å²) in [4.78, 5) is 0. The Labute approximate surface area is 115 Å². The second-order valence-corrected chi connectivity index (χ2v) is 5.13. The standard InChI is InChI=1S/C14H16BrNO2/c1-9-3-4-10(15)7-12(9)14(16)13-6-5-11(18-13)8-17-2/h3-7,14H,8,16H2,1-2H3. The average molecular weight is 310 g/mol. The van der Waals surface area contributed by atoms with Crippen LogP contribution < -0.4 is 5.73 Å². The SMILES string of the molecule is COCc1ccc(C(N)c2cc(Br)ccc2C)o1. The van der Waals surface area contributed by atoms with Crippen molar-refractivity contribution in [1.29, 1.82) is 0 Å². The van der Waals surface area contributed by atoms with Gasteiger partial charge in [-0.05, 0) is 42.3 Å². The Kier molecular flexibility index (Phi) is 4.22. The molecule has 0 amide bonds. The lowest BCUT2D eigenvalue weighted by Gasteiger charge is -2.13. The van der Waals surface area contributed by atoms with Crippen LogP contribution in [-0.2, 0) is 11.3 Å². The molecule has 1 aromatic carbocycles. The predicted octanol–water partition coefficient (Wildman–Crippen LogP) is 3.55. The molecule has 2 aromatic rings. The molecule has 18 heavy (non-hydrogen) atoms. The van der Waals surface area contributed by atoms with Crippen molar-refractivity contribution in [2.75, 3.05) is 7.11 Å². The maximum atomic E-state index is 6.24. The van der Waals surface area contributed by atoms with E-state index in [2.05, 4.69) is 15.9 Å². The van der Waals surface area contributed by atoms with E-state index < -0.39 is 0 Å². The fourth-order valence-corrected chi connectivity index (χ4v) is 2.26. The van der Waals surface area contributed by atoms with Crippen molar-refractivity contribution in [1.82, 2.24) is 0 Å². The van der Waals surface area contributed by atoms with E-state index in [4.69, 9.17) is 14.9 Å². The molecule has 0 saturated carbocycles. The van der Waals surface area contributed by atoms with Gasteiger partial charge in [-0.25, -0.2) is 0 Å². The third kappa shape index (κ3) is 2.83. The molecule has 2 rings (SSSR count). The molecule has 0 aliphatic heterocycles. The normalized spacial score (nSPS) is 12.7. The Morgan fingerprint density at radius 3 is 2.83 bits per heavy atom. The molecule has 3 nitrogen and oxygen atoms in total. The molecule has 4 heteroatoms. The summed E-state index contributed by atoms with van der Waals surface area (Å²) in [5.41, 5.74) is 8.45. The fourth-order valence-electron chi connectivity index (χ4n) is 1.88. The molecule has 96 valence electrons. The van der Waals surface area contributed by atoms with Crippen molar-refractivity contribution < 1.29 is 9.15 Å². The fraction of sp³-hybridized carbons (Fsp3) is 0.286. The molecule has 0 bridgehead atoms. The van der Waals surface area contributed by atoms with Gasteiger partial charge in [0.05, 0.1) is 6.04 Å². The first-order valence-electron chi connectivity index (χ1n) is 5.71. The number of hydrogen-bond acceptors (Lipinski definition) is 3. The van der Waals surface area contributed by atoms with Gasteiger partial charge in [0.25, 0.3) is 0 Å². The van der Waals surface area contributed by atoms with Crippen LogP contribution in [0.2, 0.25) is 0 Å². The summed E-state index contributed by atoms with van der Waals surface area (Å²) in [6, 6.07) is 9.61. The highest BCUT2D eigenvalue weighted by molar-refractivity contribution is 9.10. The third-order valence-electron chi connectivity index (χ3n) is 2.85. The number of nitrogens with two attached hydrogens (primary N) is 1. The average Bonchev–Trinajstić information content (AvgIpc) is 2.80. The molecule has 2 N–H and O–H groups in total. The zero-order valence-electron chi connectivity index (χ0n) is 10.4. The zero-order valence-corrected chi connectivity index (χ0v) is 12.0. The minimum atomic E-state index is -0.256. The van der Waals surface area contributed by atoms with Gasteiger partial charge >= 0.3 is 0 Å². The maximum absolute atomic E-state index is 6.24. The van der Waals surface area contributed by atoms with Gasteiger partial charge in [-0.3, -0.25) is 0 Å². The van der Waals surface area contributed by atoms with Crippen LogP contribution in [0, 0.1) is 6.92 Å². The van der Waals surface area contributed by atoms with E-state index in [-0.39, 0.29) is 6.04 Å². The molecule has 1 atom stereocenters. The topological polar surface area (TPSA) is 48.4 Å². The van der Waals surface area contributed by atoms with Crippen LogP contribution in [0.15, 0.2) is 39.2 Å². The number of benzene rings is 1. The molecule has 0 aliphatic rings. The van der Waals surface area contributed by atoms with E-state index >= 15 is 0 Å². The van der Waals surface area contributed by atoms with Crippen molar-refractivity contribution in [3.05, 3.63) is 57.5 Å². The quantitative estimate of drug-likeness (QED) is 0.939. The second kappa shape index (κ2) is 5.69. The van der Waals surface area contributed by atoms with Crippen LogP contribution in [0.4, 0.5) is 0 Å². The maximum Gasteiger partial charge on any atom is 0.129 e. The first kappa shape index (κ1) is 13.3. The van der Waals surface area contributed by atoms with Crippen LogP contribution in [0.5, 0.6) is 0 Å². The predicted molar refractivity (Wildman–Crippen MR) is 74.3 cm³/mol. The van der Waals surface area contributed by atoms with E-state index in [1.807, 2.05) is 37.3 Å². The molecule has 0 spiro atoms. The lowest BCUT2D eigenvalue weighted by Crippen LogP contribution is -2.12. The van der Waals surface area contributed by atoms with Crippen molar-refractivity contribution >= 4 is 15.9 Å². The van der Waals surface area contributed by atoms with Gasteiger partial charge in [0.15, 0.2) is 0 Å². The number of halogens is 1. The van der Waals surface area contributed by atoms with E-state index in [9.17, 15) is 0 Å². The van der Waals surface area contributed by atoms with Crippen molar-refractivity contribution in [3.63, 3.8) is 0 Å². The van der Waals surface area contributed by atoms with Gasteiger partial charge < -0.3 is 14.9 Å². The smallest absolute Gasteiger partial charge is 0.129 e. The Bertz CT molecular complexity index is 536. The lowest BCUT2D eigenvalue weighted by molar-refractivity contribution is 0.162. The van der Waals surface area contributed by atoms with Gasteiger partial charge in [-0.2, -0.15) is 0 Å². The molecule has 0 fully saturated rings. The van der Waals surface area contributed by atoms with Crippen molar-refractivity contribution in [2.24, 2.45) is 5.73 Å². The van der Waals surface area contributed by atoms with Gasteiger partial charge in [0, 0.05) is 11.6 Å². The second-order valence-electron chi connectivity index (χ2n) is 4.22. The molecule has 0 saturated heterocycles. The molecular weight excluding hydrogens is 294 g/mol. The van der Waals surface area contributed by atoms with Crippen LogP contribution in [0.3, 0.4) is 0 Å². The van der Waals surface area contributed by atoms with Gasteiger partial charge in [-0.1, -0.05) is 22.0 Å². The number of furan rings is 1. The number of hydrogen-bond donors (Lipinski definition) is 1. The molecule has 1 heterocycles. The highest BCUT2D eigenvalue weighted by Gasteiger charge is 2.15. The van der Waals surface area contributed by atoms with E-state index in [1.54, 1.807) is 7.11 Å². The van der Waals surface area contributed by atoms with Crippen LogP contribution >= 0.6 is 15.9 Å². The lowest BCUT2D eigenvalue weighted by atomic mass is 10.0. The van der Waals surface area contributed by atoms with E-state index in [0.717, 1.165) is 27.1 Å². The zero-order chi connectivity index (χ0) is 13.1. The first-order chi connectivity index (χ1) is 8.61. The third-order valence-corrected chi connectivity index (χ3v) is 3.35. The van der Waals surface area contributed by atoms with Crippen LogP contribution in [0.1, 0.15) is 28.7 Å². The summed E-state index contributed by atoms with van der Waals surface area (Å²) < 4.78 is 11.7. The highest BCUT2D eigenvalue weighted by atomic mass is 79.9. The molecule has 0 radical (unpaired) electrons. The molecular formula is C14H16BrNO2. The molecule has 0 aliphatic carbocycles. The molecule has 1 aromatic heterocycles. The number of rotatable bonds is 4.